The van der Waals surface area contributed by atoms with Gasteiger partial charge in [-0.25, -0.2) is 0 Å². The van der Waals surface area contributed by atoms with Crippen LogP contribution in [-0.4, -0.2) is 18.4 Å². The minimum absolute atomic E-state index is 0.0356. The van der Waals surface area contributed by atoms with Gasteiger partial charge in [0.05, 0.1) is 16.5 Å². The van der Waals surface area contributed by atoms with Gasteiger partial charge in [-0.15, -0.1) is 0 Å². The molecule has 1 atom stereocenters. The number of nitrogens with one attached hydrogen (secondary N) is 1. The molecule has 0 bridgehead atoms. The summed E-state index contributed by atoms with van der Waals surface area (Å²) >= 11 is 11.7. The summed E-state index contributed by atoms with van der Waals surface area (Å²) in [6.45, 7) is 1.89. The van der Waals surface area contributed by atoms with E-state index in [1.54, 1.807) is 25.1 Å². The van der Waals surface area contributed by atoms with Crippen molar-refractivity contribution >= 4 is 46.4 Å². The predicted molar refractivity (Wildman–Crippen MR) is 102 cm³/mol. The van der Waals surface area contributed by atoms with Crippen LogP contribution in [0.3, 0.4) is 0 Å². The highest BCUT2D eigenvalue weighted by Crippen LogP contribution is 2.36. The molecule has 1 heterocycles. The lowest BCUT2D eigenvalue weighted by atomic mass is 10.1. The molecule has 1 aliphatic rings. The van der Waals surface area contributed by atoms with Gasteiger partial charge in [0, 0.05) is 29.4 Å². The second-order valence-corrected chi connectivity index (χ2v) is 7.29. The topological polar surface area (TPSA) is 49.4 Å². The Balaban J connectivity index is 1.76. The molecular weight excluding hydrogens is 416 g/mol. The van der Waals surface area contributed by atoms with E-state index in [1.807, 2.05) is 0 Å². The van der Waals surface area contributed by atoms with E-state index < -0.39 is 28.6 Å². The van der Waals surface area contributed by atoms with Crippen LogP contribution in [0.25, 0.3) is 0 Å². The number of anilines is 2. The van der Waals surface area contributed by atoms with Gasteiger partial charge in [-0.3, -0.25) is 9.59 Å². The molecule has 3 rings (SSSR count). The monoisotopic (exact) mass is 430 g/mol. The van der Waals surface area contributed by atoms with E-state index >= 15 is 0 Å². The second-order valence-electron chi connectivity index (χ2n) is 6.47. The van der Waals surface area contributed by atoms with Crippen molar-refractivity contribution in [2.24, 2.45) is 5.92 Å². The molecule has 0 spiro atoms. The van der Waals surface area contributed by atoms with E-state index in [-0.39, 0.29) is 24.6 Å². The van der Waals surface area contributed by atoms with Crippen LogP contribution in [0.1, 0.15) is 17.5 Å². The van der Waals surface area contributed by atoms with Crippen molar-refractivity contribution in [2.75, 3.05) is 16.8 Å². The molecule has 0 aromatic heterocycles. The lowest BCUT2D eigenvalue weighted by molar-refractivity contribution is -0.137. The Morgan fingerprint density at radius 1 is 1.18 bits per heavy atom. The first-order valence-electron chi connectivity index (χ1n) is 8.31. The summed E-state index contributed by atoms with van der Waals surface area (Å²) in [5.74, 6) is -1.49. The summed E-state index contributed by atoms with van der Waals surface area (Å²) in [5, 5.41) is 2.48. The standard InChI is InChI=1S/C19H15Cl2F3N2O2/c1-10-14(20)3-2-4-16(10)26-9-11(7-17(26)27)18(28)25-12-5-6-15(21)13(8-12)19(22,23)24/h2-6,8,11H,7,9H2,1H3,(H,25,28)/t11-/m1/s1. The van der Waals surface area contributed by atoms with E-state index in [1.165, 1.54) is 11.0 Å². The van der Waals surface area contributed by atoms with Gasteiger partial charge in [-0.2, -0.15) is 13.2 Å². The lowest BCUT2D eigenvalue weighted by Gasteiger charge is -2.19. The van der Waals surface area contributed by atoms with E-state index in [0.717, 1.165) is 12.1 Å². The van der Waals surface area contributed by atoms with Crippen LogP contribution in [0.15, 0.2) is 36.4 Å². The van der Waals surface area contributed by atoms with Gasteiger partial charge < -0.3 is 10.2 Å². The van der Waals surface area contributed by atoms with Crippen molar-refractivity contribution in [3.8, 4) is 0 Å². The highest BCUT2D eigenvalue weighted by Gasteiger charge is 2.37. The van der Waals surface area contributed by atoms with E-state index in [2.05, 4.69) is 5.32 Å². The Bertz CT molecular complexity index is 947. The zero-order chi connectivity index (χ0) is 20.6. The van der Waals surface area contributed by atoms with Gasteiger partial charge in [-0.05, 0) is 42.8 Å². The maximum Gasteiger partial charge on any atom is 0.417 e. The van der Waals surface area contributed by atoms with Crippen LogP contribution in [0.4, 0.5) is 24.5 Å². The van der Waals surface area contributed by atoms with Gasteiger partial charge in [0.25, 0.3) is 0 Å². The molecule has 1 N–H and O–H groups in total. The fourth-order valence-electron chi connectivity index (χ4n) is 3.07. The molecular formula is C19H15Cl2F3N2O2. The molecule has 2 aromatic rings. The number of benzene rings is 2. The first-order chi connectivity index (χ1) is 13.1. The Hall–Kier alpha value is -2.25. The van der Waals surface area contributed by atoms with Gasteiger partial charge >= 0.3 is 6.18 Å². The Morgan fingerprint density at radius 2 is 1.89 bits per heavy atom. The normalized spacial score (nSPS) is 17.1. The van der Waals surface area contributed by atoms with Crippen LogP contribution in [0.5, 0.6) is 0 Å². The van der Waals surface area contributed by atoms with Gasteiger partial charge in [0.1, 0.15) is 0 Å². The number of hydrogen-bond acceptors (Lipinski definition) is 2. The Kier molecular flexibility index (Phi) is 5.59. The minimum atomic E-state index is -4.64. The summed E-state index contributed by atoms with van der Waals surface area (Å²) in [6, 6.07) is 8.26. The summed E-state index contributed by atoms with van der Waals surface area (Å²) in [6.07, 6.45) is -4.68. The number of rotatable bonds is 3. The first kappa shape index (κ1) is 20.5. The zero-order valence-electron chi connectivity index (χ0n) is 14.6. The number of hydrogen-bond donors (Lipinski definition) is 1. The van der Waals surface area contributed by atoms with Crippen molar-refractivity contribution in [2.45, 2.75) is 19.5 Å². The van der Waals surface area contributed by atoms with Crippen LogP contribution in [0.2, 0.25) is 10.0 Å². The number of nitrogens with zero attached hydrogens (tertiary/aromatic N) is 1. The number of amides is 2. The van der Waals surface area contributed by atoms with Crippen molar-refractivity contribution in [1.82, 2.24) is 0 Å². The quantitative estimate of drug-likeness (QED) is 0.716. The molecule has 0 saturated carbocycles. The lowest BCUT2D eigenvalue weighted by Crippen LogP contribution is -2.28. The number of carbonyl (C=O) groups is 2. The molecule has 2 aromatic carbocycles. The predicted octanol–water partition coefficient (Wildman–Crippen LogP) is 5.31. The third-order valence-electron chi connectivity index (χ3n) is 4.57. The summed E-state index contributed by atoms with van der Waals surface area (Å²) in [5.41, 5.74) is 0.252. The average Bonchev–Trinajstić information content (AvgIpc) is 3.00. The third-order valence-corrected chi connectivity index (χ3v) is 5.30. The molecule has 9 heteroatoms. The SMILES string of the molecule is Cc1c(Cl)cccc1N1C[C@H](C(=O)Nc2ccc(Cl)c(C(F)(F)F)c2)CC1=O. The highest BCUT2D eigenvalue weighted by atomic mass is 35.5. The van der Waals surface area contributed by atoms with Crippen molar-refractivity contribution < 1.29 is 22.8 Å². The maximum atomic E-state index is 13.0. The first-order valence-corrected chi connectivity index (χ1v) is 9.06. The average molecular weight is 431 g/mol. The summed E-state index contributed by atoms with van der Waals surface area (Å²) in [7, 11) is 0. The molecule has 0 radical (unpaired) electrons. The molecule has 0 aliphatic carbocycles. The summed E-state index contributed by atoms with van der Waals surface area (Å²) < 4.78 is 38.9. The van der Waals surface area contributed by atoms with Crippen molar-refractivity contribution in [3.05, 3.63) is 57.6 Å². The van der Waals surface area contributed by atoms with Gasteiger partial charge in [-0.1, -0.05) is 29.3 Å². The van der Waals surface area contributed by atoms with Crippen LogP contribution < -0.4 is 10.2 Å². The molecule has 1 saturated heterocycles. The van der Waals surface area contributed by atoms with E-state index in [9.17, 15) is 22.8 Å². The van der Waals surface area contributed by atoms with Crippen molar-refractivity contribution in [3.63, 3.8) is 0 Å². The molecule has 0 unspecified atom stereocenters. The molecule has 148 valence electrons. The number of carbonyl (C=O) groups excluding carboxylic acids is 2. The third kappa shape index (κ3) is 4.10. The van der Waals surface area contributed by atoms with E-state index in [4.69, 9.17) is 23.2 Å². The molecule has 2 amide bonds. The second kappa shape index (κ2) is 7.64. The van der Waals surface area contributed by atoms with E-state index in [0.29, 0.717) is 16.3 Å². The number of alkyl halides is 3. The van der Waals surface area contributed by atoms with Crippen LogP contribution in [-0.2, 0) is 15.8 Å². The largest absolute Gasteiger partial charge is 0.417 e. The minimum Gasteiger partial charge on any atom is -0.326 e. The van der Waals surface area contributed by atoms with Gasteiger partial charge in [0.15, 0.2) is 0 Å². The molecule has 1 aliphatic heterocycles. The Morgan fingerprint density at radius 3 is 2.57 bits per heavy atom. The fraction of sp³-hybridized carbons (Fsp3) is 0.263. The fourth-order valence-corrected chi connectivity index (χ4v) is 3.46. The smallest absolute Gasteiger partial charge is 0.326 e. The highest BCUT2D eigenvalue weighted by molar-refractivity contribution is 6.32. The van der Waals surface area contributed by atoms with Crippen LogP contribution >= 0.6 is 23.2 Å². The number of halogens is 5. The van der Waals surface area contributed by atoms with Crippen LogP contribution in [0, 0.1) is 12.8 Å². The molecule has 4 nitrogen and oxygen atoms in total. The Labute approximate surface area is 169 Å². The van der Waals surface area contributed by atoms with Crippen molar-refractivity contribution in [1.29, 1.82) is 0 Å². The zero-order valence-corrected chi connectivity index (χ0v) is 16.1. The maximum absolute atomic E-state index is 13.0. The van der Waals surface area contributed by atoms with Gasteiger partial charge in [0.2, 0.25) is 11.8 Å². The molecule has 28 heavy (non-hydrogen) atoms. The molecule has 1 fully saturated rings. The summed E-state index contributed by atoms with van der Waals surface area (Å²) in [4.78, 5) is 26.3.